The molecule has 8 nitrogen and oxygen atoms in total. The number of aromatic nitrogens is 4. The summed E-state index contributed by atoms with van der Waals surface area (Å²) in [6.45, 7) is 1.28. The molecule has 0 aliphatic carbocycles. The van der Waals surface area contributed by atoms with Gasteiger partial charge in [0.05, 0.1) is 0 Å². The molecule has 3 aromatic rings. The Morgan fingerprint density at radius 2 is 1.91 bits per heavy atom. The van der Waals surface area contributed by atoms with E-state index in [1.807, 2.05) is 4.90 Å². The fourth-order valence-corrected chi connectivity index (χ4v) is 2.82. The maximum Gasteiger partial charge on any atom is 0.329 e. The van der Waals surface area contributed by atoms with Crippen molar-refractivity contribution >= 4 is 22.8 Å². The minimum absolute atomic E-state index is 0.190. The minimum atomic E-state index is -0.481. The largest absolute Gasteiger partial charge is 0.508 e. The first kappa shape index (κ1) is 12.7. The number of hydrogen-bond acceptors (Lipinski definition) is 5. The molecule has 0 saturated heterocycles. The van der Waals surface area contributed by atoms with Gasteiger partial charge in [-0.1, -0.05) is 0 Å². The predicted octanol–water partition coefficient (Wildman–Crippen LogP) is 0.281. The van der Waals surface area contributed by atoms with Crippen molar-refractivity contribution in [1.82, 2.24) is 19.1 Å². The molecule has 0 amide bonds. The Balaban J connectivity index is 1.96. The topological polar surface area (TPSA) is 96.2 Å². The lowest BCUT2D eigenvalue weighted by Crippen LogP contribution is -2.29. The molecule has 0 bridgehead atoms. The molecule has 0 spiro atoms. The number of nitrogens with zero attached hydrogens (tertiary/aromatic N) is 4. The van der Waals surface area contributed by atoms with Crippen LogP contribution in [0.15, 0.2) is 33.9 Å². The molecule has 4 rings (SSSR count). The first-order valence-electron chi connectivity index (χ1n) is 6.82. The smallest absolute Gasteiger partial charge is 0.329 e. The van der Waals surface area contributed by atoms with E-state index in [2.05, 4.69) is 9.97 Å². The standard InChI is InChI=1S/C14H13N5O3/c1-17-11-10(12(21)16-14(17)22)19-7-6-18(13(19)15-11)8-2-4-9(20)5-3-8/h2-5,20H,6-7H2,1H3,(H,16,21,22). The number of anilines is 2. The Labute approximate surface area is 123 Å². The van der Waals surface area contributed by atoms with Gasteiger partial charge in [0.2, 0.25) is 5.95 Å². The molecular formula is C14H13N5O3. The summed E-state index contributed by atoms with van der Waals surface area (Å²) >= 11 is 0. The zero-order valence-corrected chi connectivity index (χ0v) is 11.8. The number of benzene rings is 1. The predicted molar refractivity (Wildman–Crippen MR) is 80.7 cm³/mol. The number of aryl methyl sites for hydroxylation is 1. The molecule has 1 aliphatic heterocycles. The van der Waals surface area contributed by atoms with Gasteiger partial charge in [-0.3, -0.25) is 14.3 Å². The fraction of sp³-hybridized carbons (Fsp3) is 0.214. The third-order valence-corrected chi connectivity index (χ3v) is 3.94. The van der Waals surface area contributed by atoms with Crippen LogP contribution in [0.3, 0.4) is 0 Å². The summed E-state index contributed by atoms with van der Waals surface area (Å²) in [5, 5.41) is 9.39. The summed E-state index contributed by atoms with van der Waals surface area (Å²) in [6.07, 6.45) is 0. The van der Waals surface area contributed by atoms with Crippen LogP contribution in [0.1, 0.15) is 0 Å². The highest BCUT2D eigenvalue weighted by molar-refractivity contribution is 5.77. The van der Waals surface area contributed by atoms with Crippen molar-refractivity contribution in [2.24, 2.45) is 7.05 Å². The average molecular weight is 299 g/mol. The Bertz CT molecular complexity index is 996. The van der Waals surface area contributed by atoms with E-state index >= 15 is 0 Å². The van der Waals surface area contributed by atoms with E-state index in [1.54, 1.807) is 35.9 Å². The lowest BCUT2D eigenvalue weighted by Gasteiger charge is -2.15. The lowest BCUT2D eigenvalue weighted by atomic mass is 10.3. The van der Waals surface area contributed by atoms with Crippen LogP contribution in [-0.2, 0) is 13.6 Å². The van der Waals surface area contributed by atoms with Crippen LogP contribution in [-0.4, -0.2) is 30.8 Å². The first-order valence-corrected chi connectivity index (χ1v) is 6.82. The Kier molecular flexibility index (Phi) is 2.44. The summed E-state index contributed by atoms with van der Waals surface area (Å²) in [7, 11) is 1.58. The average Bonchev–Trinajstić information content (AvgIpc) is 3.05. The fourth-order valence-electron chi connectivity index (χ4n) is 2.82. The molecule has 0 fully saturated rings. The van der Waals surface area contributed by atoms with Crippen LogP contribution in [0.4, 0.5) is 11.6 Å². The van der Waals surface area contributed by atoms with Crippen molar-refractivity contribution < 1.29 is 5.11 Å². The van der Waals surface area contributed by atoms with Crippen molar-refractivity contribution in [1.29, 1.82) is 0 Å². The molecule has 0 unspecified atom stereocenters. The van der Waals surface area contributed by atoms with Crippen molar-refractivity contribution in [2.45, 2.75) is 6.54 Å². The van der Waals surface area contributed by atoms with E-state index in [0.717, 1.165) is 5.69 Å². The number of imidazole rings is 1. The monoisotopic (exact) mass is 299 g/mol. The Morgan fingerprint density at radius 3 is 2.64 bits per heavy atom. The van der Waals surface area contributed by atoms with Crippen LogP contribution in [0, 0.1) is 0 Å². The highest BCUT2D eigenvalue weighted by Crippen LogP contribution is 2.32. The number of phenolic OH excluding ortho intramolecular Hbond substituents is 1. The van der Waals surface area contributed by atoms with Crippen LogP contribution in [0.5, 0.6) is 5.75 Å². The van der Waals surface area contributed by atoms with Crippen LogP contribution >= 0.6 is 0 Å². The second kappa shape index (κ2) is 4.23. The van der Waals surface area contributed by atoms with Gasteiger partial charge >= 0.3 is 5.69 Å². The van der Waals surface area contributed by atoms with Crippen molar-refractivity contribution in [2.75, 3.05) is 11.4 Å². The number of hydrogen-bond donors (Lipinski definition) is 2. The second-order valence-corrected chi connectivity index (χ2v) is 5.22. The maximum absolute atomic E-state index is 12.1. The summed E-state index contributed by atoms with van der Waals surface area (Å²) in [5.41, 5.74) is 0.730. The summed E-state index contributed by atoms with van der Waals surface area (Å²) in [6, 6.07) is 6.77. The molecular weight excluding hydrogens is 286 g/mol. The number of fused-ring (bicyclic) bond motifs is 3. The summed E-state index contributed by atoms with van der Waals surface area (Å²) in [4.78, 5) is 32.5. The summed E-state index contributed by atoms with van der Waals surface area (Å²) < 4.78 is 3.14. The molecule has 112 valence electrons. The first-order chi connectivity index (χ1) is 10.6. The second-order valence-electron chi connectivity index (χ2n) is 5.22. The van der Waals surface area contributed by atoms with E-state index in [0.29, 0.717) is 30.2 Å². The molecule has 1 aliphatic rings. The highest BCUT2D eigenvalue weighted by Gasteiger charge is 2.27. The zero-order valence-electron chi connectivity index (χ0n) is 11.8. The van der Waals surface area contributed by atoms with E-state index in [1.165, 1.54) is 4.57 Å². The van der Waals surface area contributed by atoms with Crippen LogP contribution in [0.25, 0.3) is 11.2 Å². The van der Waals surface area contributed by atoms with Gasteiger partial charge in [0, 0.05) is 25.8 Å². The molecule has 0 saturated carbocycles. The van der Waals surface area contributed by atoms with Crippen molar-refractivity contribution in [3.63, 3.8) is 0 Å². The van der Waals surface area contributed by atoms with E-state index in [-0.39, 0.29) is 5.75 Å². The molecule has 2 N–H and O–H groups in total. The summed E-state index contributed by atoms with van der Waals surface area (Å²) in [5.74, 6) is 0.808. The van der Waals surface area contributed by atoms with Crippen LogP contribution in [0.2, 0.25) is 0 Å². The molecule has 1 aromatic carbocycles. The van der Waals surface area contributed by atoms with Crippen molar-refractivity contribution in [3.8, 4) is 5.75 Å². The molecule has 3 heterocycles. The lowest BCUT2D eigenvalue weighted by molar-refractivity contribution is 0.475. The van der Waals surface area contributed by atoms with Gasteiger partial charge in [0.1, 0.15) is 5.75 Å². The third kappa shape index (κ3) is 1.60. The van der Waals surface area contributed by atoms with Crippen molar-refractivity contribution in [3.05, 3.63) is 45.1 Å². The third-order valence-electron chi connectivity index (χ3n) is 3.94. The van der Waals surface area contributed by atoms with E-state index < -0.39 is 11.2 Å². The number of nitrogens with one attached hydrogen (secondary N) is 1. The molecule has 22 heavy (non-hydrogen) atoms. The van der Waals surface area contributed by atoms with Gasteiger partial charge in [-0.2, -0.15) is 4.98 Å². The number of aromatic hydroxyl groups is 1. The number of aromatic amines is 1. The van der Waals surface area contributed by atoms with Gasteiger partial charge in [0.25, 0.3) is 5.56 Å². The SMILES string of the molecule is Cn1c(=O)[nH]c(=O)c2c1nc1n2CCN1c1ccc(O)cc1. The molecule has 8 heteroatoms. The number of H-pyrrole nitrogens is 1. The van der Waals surface area contributed by atoms with E-state index in [9.17, 15) is 14.7 Å². The van der Waals surface area contributed by atoms with Gasteiger partial charge in [-0.15, -0.1) is 0 Å². The zero-order chi connectivity index (χ0) is 15.4. The van der Waals surface area contributed by atoms with Gasteiger partial charge in [-0.25, -0.2) is 4.79 Å². The number of phenols is 1. The molecule has 2 aromatic heterocycles. The normalized spacial score (nSPS) is 13.8. The molecule has 0 atom stereocenters. The highest BCUT2D eigenvalue weighted by atomic mass is 16.3. The van der Waals surface area contributed by atoms with Gasteiger partial charge in [-0.05, 0) is 24.3 Å². The Hall–Kier alpha value is -3.03. The van der Waals surface area contributed by atoms with E-state index in [4.69, 9.17) is 0 Å². The minimum Gasteiger partial charge on any atom is -0.508 e. The van der Waals surface area contributed by atoms with Gasteiger partial charge in [0.15, 0.2) is 11.2 Å². The Morgan fingerprint density at radius 1 is 1.18 bits per heavy atom. The maximum atomic E-state index is 12.1. The number of rotatable bonds is 1. The molecule has 0 radical (unpaired) electrons. The van der Waals surface area contributed by atoms with Gasteiger partial charge < -0.3 is 14.6 Å². The quantitative estimate of drug-likeness (QED) is 0.673. The van der Waals surface area contributed by atoms with Crippen LogP contribution < -0.4 is 16.1 Å².